The molecular formula is C14H19N3OS. The average molecular weight is 277 g/mol. The number of hydrogen-bond acceptors (Lipinski definition) is 3. The van der Waals surface area contributed by atoms with Gasteiger partial charge in [-0.2, -0.15) is 0 Å². The van der Waals surface area contributed by atoms with Crippen molar-refractivity contribution in [1.82, 2.24) is 5.32 Å². The van der Waals surface area contributed by atoms with E-state index in [-0.39, 0.29) is 5.91 Å². The molecule has 4 nitrogen and oxygen atoms in total. The second-order valence-electron chi connectivity index (χ2n) is 4.78. The highest BCUT2D eigenvalue weighted by Crippen LogP contribution is 2.19. The first-order chi connectivity index (χ1) is 9.16. The number of rotatable bonds is 7. The second kappa shape index (κ2) is 6.52. The molecule has 1 aliphatic carbocycles. The van der Waals surface area contributed by atoms with Crippen LogP contribution in [0.5, 0.6) is 0 Å². The van der Waals surface area contributed by atoms with Crippen LogP contribution in [-0.4, -0.2) is 23.5 Å². The standard InChI is InChI=1S/C14H19N3OS/c15-14(19)11-4-1-2-5-12(11)16-9-3-6-13(18)17-10-7-8-10/h1-2,4-5,10,16H,3,6-9H2,(H2,15,19)(H,17,18). The summed E-state index contributed by atoms with van der Waals surface area (Å²) in [5.41, 5.74) is 7.43. The lowest BCUT2D eigenvalue weighted by Gasteiger charge is -2.10. The summed E-state index contributed by atoms with van der Waals surface area (Å²) in [6.07, 6.45) is 3.61. The van der Waals surface area contributed by atoms with E-state index >= 15 is 0 Å². The van der Waals surface area contributed by atoms with Gasteiger partial charge in [0.05, 0.1) is 0 Å². The number of carbonyl (C=O) groups excluding carboxylic acids is 1. The van der Waals surface area contributed by atoms with E-state index in [1.165, 1.54) is 0 Å². The van der Waals surface area contributed by atoms with E-state index in [1.54, 1.807) is 0 Å². The SMILES string of the molecule is NC(=S)c1ccccc1NCCCC(=O)NC1CC1. The van der Waals surface area contributed by atoms with Crippen molar-refractivity contribution >= 4 is 28.8 Å². The maximum absolute atomic E-state index is 11.5. The normalized spacial score (nSPS) is 13.9. The minimum Gasteiger partial charge on any atom is -0.389 e. The Morgan fingerprint density at radius 1 is 1.37 bits per heavy atom. The van der Waals surface area contributed by atoms with E-state index in [1.807, 2.05) is 24.3 Å². The van der Waals surface area contributed by atoms with E-state index in [2.05, 4.69) is 10.6 Å². The summed E-state index contributed by atoms with van der Waals surface area (Å²) in [6, 6.07) is 8.12. The minimum atomic E-state index is 0.145. The molecule has 0 unspecified atom stereocenters. The third kappa shape index (κ3) is 4.52. The van der Waals surface area contributed by atoms with Gasteiger partial charge in [-0.05, 0) is 31.4 Å². The summed E-state index contributed by atoms with van der Waals surface area (Å²) in [5.74, 6) is 0.145. The van der Waals surface area contributed by atoms with Gasteiger partial charge in [0.1, 0.15) is 4.99 Å². The smallest absolute Gasteiger partial charge is 0.220 e. The molecule has 19 heavy (non-hydrogen) atoms. The quantitative estimate of drug-likeness (QED) is 0.525. The highest BCUT2D eigenvalue weighted by atomic mass is 32.1. The summed E-state index contributed by atoms with van der Waals surface area (Å²) >= 11 is 5.00. The molecule has 0 spiro atoms. The highest BCUT2D eigenvalue weighted by Gasteiger charge is 2.22. The number of benzene rings is 1. The third-order valence-corrected chi connectivity index (χ3v) is 3.25. The number of anilines is 1. The third-order valence-electron chi connectivity index (χ3n) is 3.03. The second-order valence-corrected chi connectivity index (χ2v) is 5.22. The van der Waals surface area contributed by atoms with Gasteiger partial charge in [0.25, 0.3) is 0 Å². The molecule has 102 valence electrons. The van der Waals surface area contributed by atoms with E-state index in [9.17, 15) is 4.79 Å². The molecule has 0 bridgehead atoms. The fourth-order valence-electron chi connectivity index (χ4n) is 1.85. The zero-order chi connectivity index (χ0) is 13.7. The van der Waals surface area contributed by atoms with Crippen LogP contribution in [-0.2, 0) is 4.79 Å². The molecule has 1 aromatic rings. The van der Waals surface area contributed by atoms with E-state index in [4.69, 9.17) is 18.0 Å². The van der Waals surface area contributed by atoms with Crippen LogP contribution in [0.2, 0.25) is 0 Å². The summed E-state index contributed by atoms with van der Waals surface area (Å²) in [6.45, 7) is 0.734. The number of para-hydroxylation sites is 1. The van der Waals surface area contributed by atoms with Crippen LogP contribution in [0.25, 0.3) is 0 Å². The van der Waals surface area contributed by atoms with Gasteiger partial charge >= 0.3 is 0 Å². The Morgan fingerprint density at radius 3 is 2.79 bits per heavy atom. The van der Waals surface area contributed by atoms with Crippen molar-refractivity contribution in [1.29, 1.82) is 0 Å². The fraction of sp³-hybridized carbons (Fsp3) is 0.429. The maximum Gasteiger partial charge on any atom is 0.220 e. The van der Waals surface area contributed by atoms with Gasteiger partial charge in [-0.3, -0.25) is 4.79 Å². The summed E-state index contributed by atoms with van der Waals surface area (Å²) in [4.78, 5) is 11.9. The maximum atomic E-state index is 11.5. The molecule has 0 atom stereocenters. The van der Waals surface area contributed by atoms with Crippen molar-refractivity contribution in [2.24, 2.45) is 5.73 Å². The first-order valence-electron chi connectivity index (χ1n) is 6.59. The number of nitrogens with one attached hydrogen (secondary N) is 2. The molecule has 1 aromatic carbocycles. The molecule has 0 heterocycles. The van der Waals surface area contributed by atoms with E-state index < -0.39 is 0 Å². The highest BCUT2D eigenvalue weighted by molar-refractivity contribution is 7.80. The molecular weight excluding hydrogens is 258 g/mol. The minimum absolute atomic E-state index is 0.145. The molecule has 0 aliphatic heterocycles. The molecule has 1 aliphatic rings. The van der Waals surface area contributed by atoms with E-state index in [0.717, 1.165) is 37.1 Å². The first-order valence-corrected chi connectivity index (χ1v) is 6.99. The van der Waals surface area contributed by atoms with Gasteiger partial charge in [0, 0.05) is 30.3 Å². The van der Waals surface area contributed by atoms with Crippen LogP contribution in [0, 0.1) is 0 Å². The lowest BCUT2D eigenvalue weighted by Crippen LogP contribution is -2.25. The molecule has 2 rings (SSSR count). The van der Waals surface area contributed by atoms with Crippen molar-refractivity contribution in [3.8, 4) is 0 Å². The summed E-state index contributed by atoms with van der Waals surface area (Å²) in [7, 11) is 0. The first kappa shape index (κ1) is 13.8. The van der Waals surface area contributed by atoms with Crippen molar-refractivity contribution in [2.75, 3.05) is 11.9 Å². The topological polar surface area (TPSA) is 67.1 Å². The van der Waals surface area contributed by atoms with Gasteiger partial charge < -0.3 is 16.4 Å². The molecule has 4 N–H and O–H groups in total. The van der Waals surface area contributed by atoms with Gasteiger partial charge in [-0.1, -0.05) is 24.4 Å². The van der Waals surface area contributed by atoms with Gasteiger partial charge in [-0.15, -0.1) is 0 Å². The molecule has 1 saturated carbocycles. The molecule has 0 saturated heterocycles. The van der Waals surface area contributed by atoms with Crippen LogP contribution in [0.1, 0.15) is 31.2 Å². The molecule has 5 heteroatoms. The molecule has 1 fully saturated rings. The van der Waals surface area contributed by atoms with Crippen LogP contribution >= 0.6 is 12.2 Å². The van der Waals surface area contributed by atoms with Crippen LogP contribution in [0.3, 0.4) is 0 Å². The van der Waals surface area contributed by atoms with Crippen molar-refractivity contribution < 1.29 is 4.79 Å². The summed E-state index contributed by atoms with van der Waals surface area (Å²) < 4.78 is 0. The summed E-state index contributed by atoms with van der Waals surface area (Å²) in [5, 5.41) is 6.25. The van der Waals surface area contributed by atoms with Crippen molar-refractivity contribution in [3.05, 3.63) is 29.8 Å². The van der Waals surface area contributed by atoms with Crippen LogP contribution in [0.15, 0.2) is 24.3 Å². The number of nitrogens with two attached hydrogens (primary N) is 1. The van der Waals surface area contributed by atoms with Gasteiger partial charge in [-0.25, -0.2) is 0 Å². The number of hydrogen-bond donors (Lipinski definition) is 3. The Morgan fingerprint density at radius 2 is 2.11 bits per heavy atom. The van der Waals surface area contributed by atoms with Crippen LogP contribution < -0.4 is 16.4 Å². The van der Waals surface area contributed by atoms with Crippen molar-refractivity contribution in [2.45, 2.75) is 31.7 Å². The largest absolute Gasteiger partial charge is 0.389 e. The Balaban J connectivity index is 1.72. The Hall–Kier alpha value is -1.62. The lowest BCUT2D eigenvalue weighted by molar-refractivity contribution is -0.121. The molecule has 0 aromatic heterocycles. The Bertz CT molecular complexity index is 472. The number of thiocarbonyl (C=S) groups is 1. The number of carbonyl (C=O) groups is 1. The lowest BCUT2D eigenvalue weighted by atomic mass is 10.1. The fourth-order valence-corrected chi connectivity index (χ4v) is 2.03. The van der Waals surface area contributed by atoms with E-state index in [0.29, 0.717) is 17.5 Å². The zero-order valence-corrected chi connectivity index (χ0v) is 11.6. The monoisotopic (exact) mass is 277 g/mol. The van der Waals surface area contributed by atoms with Crippen LogP contribution in [0.4, 0.5) is 5.69 Å². The molecule has 0 radical (unpaired) electrons. The predicted molar refractivity (Wildman–Crippen MR) is 81.2 cm³/mol. The van der Waals surface area contributed by atoms with Gasteiger partial charge in [0.2, 0.25) is 5.91 Å². The van der Waals surface area contributed by atoms with Gasteiger partial charge in [0.15, 0.2) is 0 Å². The number of amides is 1. The Labute approximate surface area is 118 Å². The molecule has 1 amide bonds. The van der Waals surface area contributed by atoms with Crippen molar-refractivity contribution in [3.63, 3.8) is 0 Å². The zero-order valence-electron chi connectivity index (χ0n) is 10.8. The Kier molecular flexibility index (Phi) is 4.74. The average Bonchev–Trinajstić information content (AvgIpc) is 3.19. The predicted octanol–water partition coefficient (Wildman–Crippen LogP) is 1.79.